The molecule has 0 bridgehead atoms. The number of carboxylic acids is 1. The molecule has 4 saturated carbocycles. The van der Waals surface area contributed by atoms with Gasteiger partial charge in [-0.2, -0.15) is 0 Å². The smallest absolute Gasteiger partial charge is 0.310 e. The van der Waals surface area contributed by atoms with E-state index in [4.69, 9.17) is 0 Å². The predicted molar refractivity (Wildman–Crippen MR) is 142 cm³/mol. The van der Waals surface area contributed by atoms with Crippen molar-refractivity contribution in [3.63, 3.8) is 0 Å². The molecule has 5 aliphatic rings. The third-order valence-electron chi connectivity index (χ3n) is 14.1. The van der Waals surface area contributed by atoms with E-state index in [1.165, 1.54) is 24.8 Å². The maximum Gasteiger partial charge on any atom is 0.310 e. The minimum atomic E-state index is -0.550. The van der Waals surface area contributed by atoms with Gasteiger partial charge in [-0.25, -0.2) is 0 Å². The first-order chi connectivity index (χ1) is 16.2. The topological polar surface area (TPSA) is 57.5 Å². The van der Waals surface area contributed by atoms with Gasteiger partial charge in [0.25, 0.3) is 0 Å². The Morgan fingerprint density at radius 2 is 1.61 bits per heavy atom. The molecule has 4 fully saturated rings. The molecular weight excluding hydrogens is 521 g/mol. The number of aliphatic carboxylic acids is 1. The number of rotatable bonds is 3. The molecule has 2 N–H and O–H groups in total. The molecule has 0 heterocycles. The fourth-order valence-electron chi connectivity index (χ4n) is 11.4. The largest absolute Gasteiger partial charge is 0.481 e. The minimum absolute atomic E-state index is 0. The number of aliphatic hydroxyl groups is 1. The summed E-state index contributed by atoms with van der Waals surface area (Å²) in [7, 11) is 0. The van der Waals surface area contributed by atoms with Gasteiger partial charge in [0.15, 0.2) is 0 Å². The van der Waals surface area contributed by atoms with Gasteiger partial charge in [0.05, 0.1) is 5.41 Å². The molecule has 0 amide bonds. The average molecular weight is 574 g/mol. The van der Waals surface area contributed by atoms with Crippen LogP contribution in [0.3, 0.4) is 0 Å². The zero-order valence-corrected chi connectivity index (χ0v) is 27.1. The Morgan fingerprint density at radius 1 is 0.944 bits per heavy atom. The van der Waals surface area contributed by atoms with Crippen LogP contribution in [0, 0.1) is 56.2 Å². The Kier molecular flexibility index (Phi) is 7.44. The van der Waals surface area contributed by atoms with Crippen LogP contribution in [0.5, 0.6) is 0 Å². The van der Waals surface area contributed by atoms with E-state index in [0.717, 1.165) is 51.4 Å². The van der Waals surface area contributed by atoms with Crippen molar-refractivity contribution in [1.29, 1.82) is 0 Å². The molecule has 201 valence electrons. The third-order valence-corrected chi connectivity index (χ3v) is 14.1. The van der Waals surface area contributed by atoms with Crippen LogP contribution >= 0.6 is 0 Å². The van der Waals surface area contributed by atoms with Crippen molar-refractivity contribution in [2.75, 3.05) is 6.61 Å². The van der Waals surface area contributed by atoms with Gasteiger partial charge in [0, 0.05) is 39.3 Å². The summed E-state index contributed by atoms with van der Waals surface area (Å²) in [6, 6.07) is 0. The fraction of sp³-hybridized carbons (Fsp3) is 0.906. The van der Waals surface area contributed by atoms with Gasteiger partial charge >= 0.3 is 5.97 Å². The van der Waals surface area contributed by atoms with Crippen LogP contribution in [-0.4, -0.2) is 22.8 Å². The van der Waals surface area contributed by atoms with Gasteiger partial charge in [0.2, 0.25) is 0 Å². The van der Waals surface area contributed by atoms with Gasteiger partial charge < -0.3 is 10.2 Å². The van der Waals surface area contributed by atoms with Crippen LogP contribution in [0.1, 0.15) is 119 Å². The van der Waals surface area contributed by atoms with Gasteiger partial charge in [-0.3, -0.25) is 4.79 Å². The van der Waals surface area contributed by atoms with Crippen molar-refractivity contribution in [1.82, 2.24) is 0 Å². The fourth-order valence-corrected chi connectivity index (χ4v) is 11.4. The van der Waals surface area contributed by atoms with Gasteiger partial charge in [-0.05, 0) is 115 Å². The third kappa shape index (κ3) is 3.63. The van der Waals surface area contributed by atoms with E-state index in [2.05, 4.69) is 54.5 Å². The number of carboxylic acid groups (broad SMARTS) is 1. The van der Waals surface area contributed by atoms with E-state index >= 15 is 0 Å². The van der Waals surface area contributed by atoms with Crippen molar-refractivity contribution >= 4 is 5.97 Å². The van der Waals surface area contributed by atoms with E-state index in [1.807, 2.05) is 0 Å². The van der Waals surface area contributed by atoms with Crippen LogP contribution < -0.4 is 0 Å². The second-order valence-electron chi connectivity index (χ2n) is 15.5. The first kappa shape index (κ1) is 29.3. The maximum atomic E-state index is 12.8. The van der Waals surface area contributed by atoms with E-state index in [0.29, 0.717) is 29.8 Å². The maximum absolute atomic E-state index is 12.8. The summed E-state index contributed by atoms with van der Waals surface area (Å²) in [6.07, 6.45) is 14.5. The number of hydrogen-bond donors (Lipinski definition) is 2. The van der Waals surface area contributed by atoms with Crippen molar-refractivity contribution in [3.8, 4) is 0 Å². The number of hydrogen-bond acceptors (Lipinski definition) is 2. The zero-order valence-electron chi connectivity index (χ0n) is 24.3. The number of aliphatic hydroxyl groups excluding tert-OH is 1. The Morgan fingerprint density at radius 3 is 2.22 bits per heavy atom. The van der Waals surface area contributed by atoms with E-state index in [1.54, 1.807) is 0 Å². The Balaban J connectivity index is 0.00000304. The van der Waals surface area contributed by atoms with Crippen LogP contribution in [0.15, 0.2) is 11.6 Å². The van der Waals surface area contributed by atoms with Gasteiger partial charge in [0.1, 0.15) is 0 Å². The Labute approximate surface area is 245 Å². The van der Waals surface area contributed by atoms with Gasteiger partial charge in [-0.1, -0.05) is 66.5 Å². The van der Waals surface area contributed by atoms with Crippen molar-refractivity contribution in [2.24, 2.45) is 56.2 Å². The first-order valence-corrected chi connectivity index (χ1v) is 14.8. The van der Waals surface area contributed by atoms with Gasteiger partial charge in [-0.15, -0.1) is 0 Å². The molecule has 0 aromatic rings. The normalized spacial score (nSPS) is 51.4. The predicted octanol–water partition coefficient (Wildman–Crippen LogP) is 7.87. The molecule has 36 heavy (non-hydrogen) atoms. The molecule has 5 aliphatic carbocycles. The molecule has 0 spiro atoms. The summed E-state index contributed by atoms with van der Waals surface area (Å²) >= 11 is 0. The molecule has 9 atom stereocenters. The molecular formula is C32H52O3Y. The van der Waals surface area contributed by atoms with Crippen molar-refractivity contribution in [2.45, 2.75) is 119 Å². The number of carbonyl (C=O) groups is 1. The number of allylic oxidation sites excluding steroid dienone is 2. The molecule has 0 aromatic carbocycles. The summed E-state index contributed by atoms with van der Waals surface area (Å²) in [5.74, 6) is 1.39. The summed E-state index contributed by atoms with van der Waals surface area (Å²) in [5, 5.41) is 20.8. The molecule has 3 unspecified atom stereocenters. The standard InChI is InChI=1S/C32H52O3.Y/c1-8-28(4)21(20-33)11-13-29(5)24(28)12-14-31(7)25(29)10-9-22-23-19-27(2,3)15-17-32(23,26(34)35)18-16-30(22,31)6;/h9,21,23-25,33H,8,10-20H2,1-7H3,(H,34,35);/t21-,23?,24?,25?,28-,29+,30-,31-,32+;/m1./s1. The van der Waals surface area contributed by atoms with Crippen molar-refractivity contribution in [3.05, 3.63) is 11.6 Å². The molecule has 3 nitrogen and oxygen atoms in total. The Bertz CT molecular complexity index is 926. The van der Waals surface area contributed by atoms with Crippen molar-refractivity contribution < 1.29 is 47.7 Å². The van der Waals surface area contributed by atoms with E-state index in [-0.39, 0.29) is 60.3 Å². The monoisotopic (exact) mass is 573 g/mol. The summed E-state index contributed by atoms with van der Waals surface area (Å²) in [6.45, 7) is 17.6. The van der Waals surface area contributed by atoms with E-state index < -0.39 is 11.4 Å². The molecule has 0 aliphatic heterocycles. The number of fused-ring (bicyclic) bond motifs is 7. The second-order valence-corrected chi connectivity index (χ2v) is 15.5. The first-order valence-electron chi connectivity index (χ1n) is 14.8. The molecule has 1 radical (unpaired) electrons. The minimum Gasteiger partial charge on any atom is -0.481 e. The molecule has 4 heteroatoms. The molecule has 0 aromatic heterocycles. The van der Waals surface area contributed by atoms with Crippen LogP contribution in [-0.2, 0) is 37.5 Å². The quantitative estimate of drug-likeness (QED) is 0.338. The zero-order chi connectivity index (χ0) is 25.7. The average Bonchev–Trinajstić information content (AvgIpc) is 2.79. The SMILES string of the molecule is CC[C@@]1(C)C2CC[C@]3(C)C(CC=C4C5CC(C)(C)CC[C@]5(C(=O)O)CC[C@]43C)[C@@]2(C)CC[C@@H]1CO.[Y]. The van der Waals surface area contributed by atoms with Crippen LogP contribution in [0.2, 0.25) is 0 Å². The summed E-state index contributed by atoms with van der Waals surface area (Å²) in [5.41, 5.74) is 2.02. The van der Waals surface area contributed by atoms with E-state index in [9.17, 15) is 15.0 Å². The summed E-state index contributed by atoms with van der Waals surface area (Å²) in [4.78, 5) is 12.8. The van der Waals surface area contributed by atoms with Crippen LogP contribution in [0.25, 0.3) is 0 Å². The van der Waals surface area contributed by atoms with Crippen LogP contribution in [0.4, 0.5) is 0 Å². The second kappa shape index (κ2) is 9.16. The molecule has 5 rings (SSSR count). The molecule has 0 saturated heterocycles. The summed E-state index contributed by atoms with van der Waals surface area (Å²) < 4.78 is 0. The Hall–Kier alpha value is 0.274.